The second kappa shape index (κ2) is 13.1. The van der Waals surface area contributed by atoms with Gasteiger partial charge >= 0.3 is 5.51 Å². The number of benzene rings is 3. The zero-order valence-corrected chi connectivity index (χ0v) is 25.9. The van der Waals surface area contributed by atoms with Crippen molar-refractivity contribution in [3.63, 3.8) is 0 Å². The van der Waals surface area contributed by atoms with Crippen molar-refractivity contribution in [1.29, 1.82) is 0 Å². The van der Waals surface area contributed by atoms with Crippen LogP contribution in [0.25, 0.3) is 0 Å². The topological polar surface area (TPSA) is 63.2 Å². The number of amides is 1. The van der Waals surface area contributed by atoms with Crippen LogP contribution in [0.4, 0.5) is 27.6 Å². The molecule has 3 aromatic carbocycles. The van der Waals surface area contributed by atoms with E-state index in [1.54, 1.807) is 18.2 Å². The van der Waals surface area contributed by atoms with Crippen molar-refractivity contribution in [3.05, 3.63) is 97.5 Å². The van der Waals surface area contributed by atoms with Gasteiger partial charge in [0.1, 0.15) is 21.8 Å². The van der Waals surface area contributed by atoms with E-state index in [0.29, 0.717) is 10.6 Å². The number of Topliss-reactive ketones (excluding diaryl/α,β-unsaturated/α-hetero) is 2. The SMILES string of the molecule is O=C(CSC(F)(F)F)Cc1c(F)ccc(CC(=O)c2cc(NC(=O)[C@H]3[C@H](c4ccc(Cl)c(Cl)c4)C3(Cl)Cl)ccc2Cl)c1F. The Bertz CT molecular complexity index is 1620. The van der Waals surface area contributed by atoms with Gasteiger partial charge in [-0.15, -0.1) is 23.2 Å². The molecule has 43 heavy (non-hydrogen) atoms. The molecular formula is C28H17Cl5F5NO3S. The Labute approximate surface area is 271 Å². The van der Waals surface area contributed by atoms with Crippen molar-refractivity contribution in [2.75, 3.05) is 11.1 Å². The van der Waals surface area contributed by atoms with Gasteiger partial charge in [-0.05, 0) is 59.3 Å². The highest BCUT2D eigenvalue weighted by atomic mass is 35.5. The van der Waals surface area contributed by atoms with E-state index in [2.05, 4.69) is 5.32 Å². The monoisotopic (exact) mass is 717 g/mol. The fourth-order valence-electron chi connectivity index (χ4n) is 4.43. The van der Waals surface area contributed by atoms with E-state index in [1.165, 1.54) is 18.2 Å². The highest BCUT2D eigenvalue weighted by Gasteiger charge is 2.67. The van der Waals surface area contributed by atoms with Gasteiger partial charge in [0, 0.05) is 35.6 Å². The summed E-state index contributed by atoms with van der Waals surface area (Å²) in [6, 6.07) is 10.5. The second-order valence-corrected chi connectivity index (χ2v) is 13.2. The molecule has 3 aromatic rings. The largest absolute Gasteiger partial charge is 0.442 e. The summed E-state index contributed by atoms with van der Waals surface area (Å²) in [5.41, 5.74) is -5.11. The smallest absolute Gasteiger partial charge is 0.326 e. The van der Waals surface area contributed by atoms with Crippen LogP contribution in [0.2, 0.25) is 15.1 Å². The minimum absolute atomic E-state index is 0.0331. The first kappa shape index (κ1) is 33.8. The minimum atomic E-state index is -4.68. The summed E-state index contributed by atoms with van der Waals surface area (Å²) in [6.07, 6.45) is -1.56. The summed E-state index contributed by atoms with van der Waals surface area (Å²) >= 11 is 30.4. The molecule has 1 fully saturated rings. The zero-order chi connectivity index (χ0) is 31.9. The second-order valence-electron chi connectivity index (χ2n) is 9.54. The maximum absolute atomic E-state index is 15.1. The first-order valence-corrected chi connectivity index (χ1v) is 15.0. The number of anilines is 1. The van der Waals surface area contributed by atoms with Crippen molar-refractivity contribution in [3.8, 4) is 0 Å². The van der Waals surface area contributed by atoms with E-state index in [0.717, 1.165) is 12.1 Å². The number of alkyl halides is 5. The Balaban J connectivity index is 1.48. The Kier molecular flexibility index (Phi) is 10.3. The molecule has 228 valence electrons. The van der Waals surface area contributed by atoms with E-state index < -0.39 is 86.7 Å². The minimum Gasteiger partial charge on any atom is -0.326 e. The van der Waals surface area contributed by atoms with Gasteiger partial charge in [0.05, 0.1) is 26.7 Å². The van der Waals surface area contributed by atoms with Gasteiger partial charge in [-0.25, -0.2) is 8.78 Å². The zero-order valence-electron chi connectivity index (χ0n) is 21.3. The predicted molar refractivity (Wildman–Crippen MR) is 159 cm³/mol. The van der Waals surface area contributed by atoms with Crippen molar-refractivity contribution < 1.29 is 36.3 Å². The maximum atomic E-state index is 15.1. The normalized spacial score (nSPS) is 17.4. The Morgan fingerprint density at radius 2 is 1.56 bits per heavy atom. The van der Waals surface area contributed by atoms with E-state index in [-0.39, 0.29) is 26.9 Å². The lowest BCUT2D eigenvalue weighted by Gasteiger charge is -2.12. The van der Waals surface area contributed by atoms with Crippen molar-refractivity contribution in [2.45, 2.75) is 28.6 Å². The molecule has 1 aliphatic rings. The number of hydrogen-bond acceptors (Lipinski definition) is 4. The van der Waals surface area contributed by atoms with Gasteiger partial charge in [0.25, 0.3) is 0 Å². The lowest BCUT2D eigenvalue weighted by molar-refractivity contribution is -0.117. The Hall–Kier alpha value is -2.08. The highest BCUT2D eigenvalue weighted by Crippen LogP contribution is 2.65. The van der Waals surface area contributed by atoms with Crippen LogP contribution >= 0.6 is 69.8 Å². The summed E-state index contributed by atoms with van der Waals surface area (Å²) in [4.78, 5) is 38.0. The van der Waals surface area contributed by atoms with Crippen molar-refractivity contribution in [2.24, 2.45) is 5.92 Å². The Morgan fingerprint density at radius 1 is 0.884 bits per heavy atom. The fourth-order valence-corrected chi connectivity index (χ4v) is 6.22. The third-order valence-electron chi connectivity index (χ3n) is 6.56. The molecule has 1 N–H and O–H groups in total. The number of carbonyl (C=O) groups excluding carboxylic acids is 3. The Morgan fingerprint density at radius 3 is 2.21 bits per heavy atom. The first-order valence-electron chi connectivity index (χ1n) is 12.1. The van der Waals surface area contributed by atoms with Crippen LogP contribution in [0.1, 0.15) is 33.0 Å². The van der Waals surface area contributed by atoms with E-state index in [4.69, 9.17) is 58.0 Å². The molecule has 1 aliphatic carbocycles. The molecule has 15 heteroatoms. The van der Waals surface area contributed by atoms with Gasteiger partial charge in [-0.3, -0.25) is 14.4 Å². The molecule has 0 heterocycles. The molecule has 0 aliphatic heterocycles. The summed E-state index contributed by atoms with van der Waals surface area (Å²) in [5, 5.41) is 3.16. The third kappa shape index (κ3) is 7.96. The third-order valence-corrected chi connectivity index (χ3v) is 9.36. The summed E-state index contributed by atoms with van der Waals surface area (Å²) in [6.45, 7) is 0. The molecule has 2 atom stereocenters. The fraction of sp³-hybridized carbons (Fsp3) is 0.250. The van der Waals surface area contributed by atoms with E-state index >= 15 is 4.39 Å². The summed E-state index contributed by atoms with van der Waals surface area (Å²) < 4.78 is 65.0. The molecule has 4 nitrogen and oxygen atoms in total. The quantitative estimate of drug-likeness (QED) is 0.129. The molecule has 0 bridgehead atoms. The summed E-state index contributed by atoms with van der Waals surface area (Å²) in [7, 11) is 0. The molecule has 0 radical (unpaired) electrons. The van der Waals surface area contributed by atoms with Crippen LogP contribution in [-0.2, 0) is 22.4 Å². The van der Waals surface area contributed by atoms with Crippen LogP contribution in [-0.4, -0.2) is 33.1 Å². The molecule has 0 aromatic heterocycles. The molecule has 1 amide bonds. The van der Waals surface area contributed by atoms with E-state index in [1.807, 2.05) is 0 Å². The standard InChI is InChI=1S/C28H17Cl5F5NO3S/c29-18-5-3-14(39-26(42)24-23(27(24,32)33)12-1-4-19(30)20(31)7-12)9-16(18)22(41)8-13-2-6-21(34)17(25(13)35)10-15(40)11-43-28(36,37)38/h1-7,9,23-24H,8,10-11H2,(H,39,42)/t23-,24+/m0/s1. The lowest BCUT2D eigenvalue weighted by Crippen LogP contribution is -2.18. The van der Waals surface area contributed by atoms with Crippen LogP contribution in [0.3, 0.4) is 0 Å². The van der Waals surface area contributed by atoms with Crippen LogP contribution in [0.15, 0.2) is 48.5 Å². The number of nitrogens with one attached hydrogen (secondary N) is 1. The molecule has 0 unspecified atom stereocenters. The number of hydrogen-bond donors (Lipinski definition) is 1. The predicted octanol–water partition coefficient (Wildman–Crippen LogP) is 9.24. The lowest BCUT2D eigenvalue weighted by atomic mass is 9.98. The number of rotatable bonds is 10. The van der Waals surface area contributed by atoms with Crippen LogP contribution in [0, 0.1) is 17.6 Å². The number of ketones is 2. The summed E-state index contributed by atoms with van der Waals surface area (Å²) in [5.74, 6) is -7.23. The molecule has 0 spiro atoms. The van der Waals surface area contributed by atoms with Crippen LogP contribution in [0.5, 0.6) is 0 Å². The number of carbonyl (C=O) groups is 3. The molecular weight excluding hydrogens is 703 g/mol. The van der Waals surface area contributed by atoms with Gasteiger partial charge in [-0.2, -0.15) is 13.2 Å². The molecule has 1 saturated carbocycles. The molecule has 4 rings (SSSR count). The van der Waals surface area contributed by atoms with Gasteiger partial charge in [0.2, 0.25) is 5.91 Å². The average molecular weight is 720 g/mol. The maximum Gasteiger partial charge on any atom is 0.442 e. The van der Waals surface area contributed by atoms with Gasteiger partial charge < -0.3 is 5.32 Å². The van der Waals surface area contributed by atoms with Crippen molar-refractivity contribution in [1.82, 2.24) is 0 Å². The van der Waals surface area contributed by atoms with E-state index in [9.17, 15) is 31.9 Å². The highest BCUT2D eigenvalue weighted by molar-refractivity contribution is 8.00. The van der Waals surface area contributed by atoms with Crippen LogP contribution < -0.4 is 5.32 Å². The van der Waals surface area contributed by atoms with Gasteiger partial charge in [0.15, 0.2) is 5.78 Å². The molecule has 0 saturated heterocycles. The number of thioether (sulfide) groups is 1. The van der Waals surface area contributed by atoms with Crippen molar-refractivity contribution >= 4 is 92.9 Å². The number of halogens is 10. The first-order chi connectivity index (χ1) is 20.0. The van der Waals surface area contributed by atoms with Gasteiger partial charge in [-0.1, -0.05) is 46.9 Å². The average Bonchev–Trinajstić information content (AvgIpc) is 3.50.